The van der Waals surface area contributed by atoms with E-state index < -0.39 is 5.25 Å². The van der Waals surface area contributed by atoms with Gasteiger partial charge in [-0.2, -0.15) is 0 Å². The van der Waals surface area contributed by atoms with Crippen LogP contribution in [0.5, 0.6) is 11.5 Å². The third-order valence-electron chi connectivity index (χ3n) is 5.68. The average molecular weight is 505 g/mol. The smallest absolute Gasteiger partial charge is 0.263 e. The Morgan fingerprint density at radius 2 is 1.53 bits per heavy atom. The van der Waals surface area contributed by atoms with Gasteiger partial charge in [-0.1, -0.05) is 6.07 Å². The third kappa shape index (κ3) is 5.11. The zero-order valence-electron chi connectivity index (χ0n) is 19.9. The molecule has 0 radical (unpaired) electrons. The van der Waals surface area contributed by atoms with E-state index in [1.54, 1.807) is 66.7 Å². The first-order valence-corrected chi connectivity index (χ1v) is 12.0. The summed E-state index contributed by atoms with van der Waals surface area (Å²) in [6.45, 7) is 1.46. The molecule has 1 aliphatic rings. The topological polar surface area (TPSA) is 102 Å². The molecular weight excluding hydrogens is 480 g/mol. The first-order valence-electron chi connectivity index (χ1n) is 11.1. The van der Waals surface area contributed by atoms with Crippen molar-refractivity contribution in [2.24, 2.45) is 0 Å². The van der Waals surface area contributed by atoms with Gasteiger partial charge in [0.1, 0.15) is 17.1 Å². The minimum absolute atomic E-state index is 0.0735. The van der Waals surface area contributed by atoms with Crippen LogP contribution in [0.1, 0.15) is 34.1 Å². The van der Waals surface area contributed by atoms with Crippen molar-refractivity contribution in [2.45, 2.75) is 23.5 Å². The second-order valence-electron chi connectivity index (χ2n) is 8.00. The Morgan fingerprint density at radius 3 is 2.08 bits per heavy atom. The Bertz CT molecular complexity index is 1300. The van der Waals surface area contributed by atoms with E-state index in [0.29, 0.717) is 28.4 Å². The highest BCUT2D eigenvalue weighted by atomic mass is 32.2. The number of carbonyl (C=O) groups is 4. The lowest BCUT2D eigenvalue weighted by molar-refractivity contribution is -0.121. The number of amides is 3. The van der Waals surface area contributed by atoms with Gasteiger partial charge < -0.3 is 14.8 Å². The van der Waals surface area contributed by atoms with Crippen LogP contribution in [0.4, 0.5) is 11.4 Å². The molecule has 36 heavy (non-hydrogen) atoms. The quantitative estimate of drug-likeness (QED) is 0.354. The van der Waals surface area contributed by atoms with Crippen molar-refractivity contribution in [1.82, 2.24) is 0 Å². The number of hydrogen-bond acceptors (Lipinski definition) is 7. The highest BCUT2D eigenvalue weighted by Gasteiger charge is 2.40. The molecule has 1 N–H and O–H groups in total. The molecule has 3 aromatic carbocycles. The molecule has 1 atom stereocenters. The molecule has 1 aliphatic heterocycles. The zero-order valence-corrected chi connectivity index (χ0v) is 20.8. The molecule has 184 valence electrons. The molecule has 3 aromatic rings. The van der Waals surface area contributed by atoms with E-state index in [1.807, 2.05) is 0 Å². The average Bonchev–Trinajstić information content (AvgIpc) is 3.16. The Labute approximate surface area is 212 Å². The van der Waals surface area contributed by atoms with Crippen LogP contribution >= 0.6 is 11.8 Å². The van der Waals surface area contributed by atoms with Crippen LogP contribution in [0.25, 0.3) is 0 Å². The number of Topliss-reactive ketones (excluding diaryl/α,β-unsaturated/α-hetero) is 1. The largest absolute Gasteiger partial charge is 0.496 e. The molecule has 0 aliphatic carbocycles. The molecule has 8 nitrogen and oxygen atoms in total. The number of methoxy groups -OCH3 is 2. The van der Waals surface area contributed by atoms with Crippen molar-refractivity contribution in [3.8, 4) is 11.5 Å². The number of imide groups is 1. The second-order valence-corrected chi connectivity index (χ2v) is 9.27. The monoisotopic (exact) mass is 504 g/mol. The van der Waals surface area contributed by atoms with Crippen molar-refractivity contribution < 1.29 is 28.7 Å². The SMILES string of the molecule is COc1cccc(OC)c1C(=O)Nc1ccc(SC2CC(=O)N(c3ccc(C(C)=O)cc3)C2=O)cc1. The van der Waals surface area contributed by atoms with Crippen LogP contribution < -0.4 is 19.7 Å². The summed E-state index contributed by atoms with van der Waals surface area (Å²) in [5.41, 5.74) is 1.80. The molecular formula is C27H24N2O6S. The van der Waals surface area contributed by atoms with E-state index in [9.17, 15) is 19.2 Å². The Hall–Kier alpha value is -4.11. The first kappa shape index (κ1) is 25.0. The number of carbonyl (C=O) groups excluding carboxylic acids is 4. The van der Waals surface area contributed by atoms with Gasteiger partial charge in [-0.25, -0.2) is 4.90 Å². The molecule has 4 rings (SSSR count). The minimum Gasteiger partial charge on any atom is -0.496 e. The molecule has 9 heteroatoms. The van der Waals surface area contributed by atoms with Gasteiger partial charge in [0.05, 0.1) is 25.2 Å². The van der Waals surface area contributed by atoms with Gasteiger partial charge in [-0.15, -0.1) is 11.8 Å². The summed E-state index contributed by atoms with van der Waals surface area (Å²) in [7, 11) is 2.96. The summed E-state index contributed by atoms with van der Waals surface area (Å²) in [4.78, 5) is 51.8. The predicted octanol–water partition coefficient (Wildman–Crippen LogP) is 4.58. The molecule has 0 saturated carbocycles. The maximum Gasteiger partial charge on any atom is 0.263 e. The van der Waals surface area contributed by atoms with Crippen molar-refractivity contribution in [2.75, 3.05) is 24.4 Å². The van der Waals surface area contributed by atoms with Crippen molar-refractivity contribution in [3.63, 3.8) is 0 Å². The van der Waals surface area contributed by atoms with E-state index >= 15 is 0 Å². The fourth-order valence-corrected chi connectivity index (χ4v) is 4.92. The summed E-state index contributed by atoms with van der Waals surface area (Å²) >= 11 is 1.29. The Kier molecular flexibility index (Phi) is 7.40. The summed E-state index contributed by atoms with van der Waals surface area (Å²) in [6.07, 6.45) is 0.0735. The maximum absolute atomic E-state index is 13.0. The van der Waals surface area contributed by atoms with E-state index in [4.69, 9.17) is 9.47 Å². The van der Waals surface area contributed by atoms with Gasteiger partial charge in [-0.05, 0) is 67.6 Å². The van der Waals surface area contributed by atoms with Gasteiger partial charge in [0, 0.05) is 22.6 Å². The highest BCUT2D eigenvalue weighted by molar-refractivity contribution is 8.00. The number of ether oxygens (including phenoxy) is 2. The number of thioether (sulfide) groups is 1. The molecule has 0 aromatic heterocycles. The standard InChI is InChI=1S/C27H24N2O6S/c1-16(30)17-7-11-19(12-8-17)29-24(31)15-23(27(29)33)36-20-13-9-18(10-14-20)28-26(32)25-21(34-2)5-4-6-22(25)35-3/h4-14,23H,15H2,1-3H3,(H,28,32). The van der Waals surface area contributed by atoms with E-state index in [2.05, 4.69) is 5.32 Å². The van der Waals surface area contributed by atoms with Crippen molar-refractivity contribution in [1.29, 1.82) is 0 Å². The minimum atomic E-state index is -0.566. The fourth-order valence-electron chi connectivity index (χ4n) is 3.86. The van der Waals surface area contributed by atoms with Crippen LogP contribution in [0, 0.1) is 0 Å². The molecule has 3 amide bonds. The van der Waals surface area contributed by atoms with Crippen LogP contribution in [-0.4, -0.2) is 43.0 Å². The van der Waals surface area contributed by atoms with Crippen molar-refractivity contribution >= 4 is 46.6 Å². The van der Waals surface area contributed by atoms with Crippen LogP contribution in [-0.2, 0) is 9.59 Å². The predicted molar refractivity (Wildman–Crippen MR) is 137 cm³/mol. The summed E-state index contributed by atoms with van der Waals surface area (Å²) in [6, 6.07) is 18.5. The highest BCUT2D eigenvalue weighted by Crippen LogP contribution is 2.35. The maximum atomic E-state index is 13.0. The normalized spacial score (nSPS) is 15.1. The number of hydrogen-bond donors (Lipinski definition) is 1. The van der Waals surface area contributed by atoms with Crippen LogP contribution in [0.3, 0.4) is 0 Å². The first-order chi connectivity index (χ1) is 17.3. The van der Waals surface area contributed by atoms with Gasteiger partial charge in [0.25, 0.3) is 5.91 Å². The summed E-state index contributed by atoms with van der Waals surface area (Å²) in [5.74, 6) is -0.278. The second kappa shape index (κ2) is 10.7. The zero-order chi connectivity index (χ0) is 25.8. The fraction of sp³-hybridized carbons (Fsp3) is 0.185. The van der Waals surface area contributed by atoms with Gasteiger partial charge in [0.2, 0.25) is 11.8 Å². The lowest BCUT2D eigenvalue weighted by Gasteiger charge is -2.15. The number of benzene rings is 3. The lowest BCUT2D eigenvalue weighted by Crippen LogP contribution is -2.31. The molecule has 1 saturated heterocycles. The summed E-state index contributed by atoms with van der Waals surface area (Å²) < 4.78 is 10.6. The Balaban J connectivity index is 1.43. The molecule has 0 spiro atoms. The van der Waals surface area contributed by atoms with Crippen LogP contribution in [0.2, 0.25) is 0 Å². The van der Waals surface area contributed by atoms with Crippen LogP contribution in [0.15, 0.2) is 71.6 Å². The van der Waals surface area contributed by atoms with E-state index in [-0.39, 0.29) is 35.5 Å². The number of ketones is 1. The third-order valence-corrected chi connectivity index (χ3v) is 6.88. The molecule has 1 fully saturated rings. The Morgan fingerprint density at radius 1 is 0.917 bits per heavy atom. The van der Waals surface area contributed by atoms with E-state index in [0.717, 1.165) is 9.80 Å². The van der Waals surface area contributed by atoms with E-state index in [1.165, 1.54) is 32.9 Å². The molecule has 1 heterocycles. The van der Waals surface area contributed by atoms with Gasteiger partial charge in [0.15, 0.2) is 5.78 Å². The number of anilines is 2. The lowest BCUT2D eigenvalue weighted by atomic mass is 10.1. The summed E-state index contributed by atoms with van der Waals surface area (Å²) in [5, 5.41) is 2.26. The number of nitrogens with one attached hydrogen (secondary N) is 1. The van der Waals surface area contributed by atoms with Gasteiger partial charge >= 0.3 is 0 Å². The number of nitrogens with zero attached hydrogens (tertiary/aromatic N) is 1. The molecule has 0 bridgehead atoms. The number of rotatable bonds is 8. The molecule has 1 unspecified atom stereocenters. The van der Waals surface area contributed by atoms with Crippen molar-refractivity contribution in [3.05, 3.63) is 77.9 Å². The van der Waals surface area contributed by atoms with Gasteiger partial charge in [-0.3, -0.25) is 19.2 Å².